The highest BCUT2D eigenvalue weighted by atomic mass is 16.4. The molecule has 0 fully saturated rings. The number of carbonyl (C=O) groups excluding carboxylic acids is 1. The molecule has 2 rings (SSSR count). The van der Waals surface area contributed by atoms with Crippen molar-refractivity contribution in [1.82, 2.24) is 5.32 Å². The molecule has 4 N–H and O–H groups in total. The smallest absolute Gasteiger partial charge is 0.227 e. The Balaban J connectivity index is 2.06. The first-order valence-electron chi connectivity index (χ1n) is 7.29. The zero-order valence-corrected chi connectivity index (χ0v) is 12.6. The van der Waals surface area contributed by atoms with Crippen LogP contribution in [0.4, 0.5) is 0 Å². The van der Waals surface area contributed by atoms with Crippen LogP contribution in [0, 0.1) is 5.41 Å². The number of benzene rings is 1. The molecule has 0 aromatic heterocycles. The van der Waals surface area contributed by atoms with Gasteiger partial charge in [0.2, 0.25) is 5.91 Å². The highest BCUT2D eigenvalue weighted by Gasteiger charge is 2.29. The van der Waals surface area contributed by atoms with Gasteiger partial charge >= 0.3 is 0 Å². The number of rotatable bonds is 4. The molecule has 1 amide bonds. The first-order valence-corrected chi connectivity index (χ1v) is 7.29. The zero-order valence-electron chi connectivity index (χ0n) is 12.6. The molecule has 5 nitrogen and oxygen atoms in total. The Bertz CT molecular complexity index is 552. The molecule has 0 heterocycles. The van der Waals surface area contributed by atoms with Crippen molar-refractivity contribution >= 4 is 11.7 Å². The highest BCUT2D eigenvalue weighted by molar-refractivity contribution is 5.88. The predicted octanol–water partition coefficient (Wildman–Crippen LogP) is 2.00. The van der Waals surface area contributed by atoms with Gasteiger partial charge in [0, 0.05) is 12.0 Å². The van der Waals surface area contributed by atoms with Crippen LogP contribution in [0.15, 0.2) is 29.4 Å². The number of hydrogen-bond acceptors (Lipinski definition) is 3. The molecule has 0 spiro atoms. The van der Waals surface area contributed by atoms with Crippen molar-refractivity contribution in [1.29, 1.82) is 0 Å². The Hall–Kier alpha value is -2.04. The number of fused-ring (bicyclic) bond motifs is 1. The van der Waals surface area contributed by atoms with Crippen LogP contribution in [0.1, 0.15) is 43.7 Å². The second-order valence-electron chi connectivity index (χ2n) is 6.23. The lowest BCUT2D eigenvalue weighted by Crippen LogP contribution is -2.44. The Morgan fingerprint density at radius 2 is 2.19 bits per heavy atom. The molecule has 114 valence electrons. The van der Waals surface area contributed by atoms with Crippen LogP contribution < -0.4 is 11.1 Å². The molecule has 1 aliphatic carbocycles. The summed E-state index contributed by atoms with van der Waals surface area (Å²) in [5.74, 6) is 0.0332. The maximum Gasteiger partial charge on any atom is 0.227 e. The lowest BCUT2D eigenvalue weighted by atomic mass is 9.82. The Morgan fingerprint density at radius 3 is 2.90 bits per heavy atom. The summed E-state index contributed by atoms with van der Waals surface area (Å²) in [6.07, 6.45) is 2.93. The van der Waals surface area contributed by atoms with Crippen LogP contribution in [0.2, 0.25) is 0 Å². The molecule has 21 heavy (non-hydrogen) atoms. The van der Waals surface area contributed by atoms with Crippen molar-refractivity contribution in [3.05, 3.63) is 35.4 Å². The molecule has 0 aliphatic heterocycles. The van der Waals surface area contributed by atoms with Crippen LogP contribution in [-0.4, -0.2) is 23.5 Å². The summed E-state index contributed by atoms with van der Waals surface area (Å²) in [6, 6.07) is 8.12. The molecule has 1 unspecified atom stereocenters. The van der Waals surface area contributed by atoms with E-state index >= 15 is 0 Å². The molecule has 0 radical (unpaired) electrons. The van der Waals surface area contributed by atoms with Gasteiger partial charge in [0.25, 0.3) is 0 Å². The maximum atomic E-state index is 12.5. The third-order valence-corrected chi connectivity index (χ3v) is 4.19. The molecule has 1 aromatic carbocycles. The van der Waals surface area contributed by atoms with Crippen molar-refractivity contribution in [2.75, 3.05) is 6.54 Å². The summed E-state index contributed by atoms with van der Waals surface area (Å²) < 4.78 is 0. The second kappa shape index (κ2) is 6.16. The van der Waals surface area contributed by atoms with Gasteiger partial charge in [-0.25, -0.2) is 0 Å². The number of nitrogens with zero attached hydrogens (tertiary/aromatic N) is 1. The lowest BCUT2D eigenvalue weighted by Gasteiger charge is -2.27. The van der Waals surface area contributed by atoms with Crippen LogP contribution in [0.5, 0.6) is 0 Å². The van der Waals surface area contributed by atoms with E-state index in [0.717, 1.165) is 24.8 Å². The van der Waals surface area contributed by atoms with Gasteiger partial charge < -0.3 is 16.3 Å². The largest absolute Gasteiger partial charge is 0.409 e. The molecular weight excluding hydrogens is 266 g/mol. The Kier molecular flexibility index (Phi) is 4.50. The Labute approximate surface area is 125 Å². The third-order valence-electron chi connectivity index (χ3n) is 4.19. The zero-order chi connectivity index (χ0) is 15.5. The highest BCUT2D eigenvalue weighted by Crippen LogP contribution is 2.31. The van der Waals surface area contributed by atoms with Crippen molar-refractivity contribution < 1.29 is 10.0 Å². The van der Waals surface area contributed by atoms with Gasteiger partial charge in [-0.3, -0.25) is 4.79 Å². The van der Waals surface area contributed by atoms with Crippen LogP contribution >= 0.6 is 0 Å². The van der Waals surface area contributed by atoms with Gasteiger partial charge in [-0.1, -0.05) is 43.3 Å². The maximum absolute atomic E-state index is 12.5. The fraction of sp³-hybridized carbons (Fsp3) is 0.500. The topological polar surface area (TPSA) is 87.7 Å². The van der Waals surface area contributed by atoms with Crippen molar-refractivity contribution in [3.8, 4) is 0 Å². The quantitative estimate of drug-likeness (QED) is 0.343. The number of carbonyl (C=O) groups is 1. The fourth-order valence-corrected chi connectivity index (χ4v) is 2.68. The number of aryl methyl sites for hydroxylation is 1. The lowest BCUT2D eigenvalue weighted by molar-refractivity contribution is -0.123. The summed E-state index contributed by atoms with van der Waals surface area (Å²) in [6.45, 7) is 4.01. The number of hydrogen-bond donors (Lipinski definition) is 3. The minimum absolute atomic E-state index is 0.0148. The minimum atomic E-state index is -0.571. The van der Waals surface area contributed by atoms with E-state index in [4.69, 9.17) is 10.9 Å². The van der Waals surface area contributed by atoms with E-state index in [1.54, 1.807) is 0 Å². The normalized spacial score (nSPS) is 19.0. The average molecular weight is 289 g/mol. The van der Waals surface area contributed by atoms with E-state index in [-0.39, 0.29) is 17.7 Å². The summed E-state index contributed by atoms with van der Waals surface area (Å²) in [4.78, 5) is 12.5. The Morgan fingerprint density at radius 1 is 1.48 bits per heavy atom. The van der Waals surface area contributed by atoms with Crippen LogP contribution in [-0.2, 0) is 11.2 Å². The van der Waals surface area contributed by atoms with Gasteiger partial charge in [-0.05, 0) is 30.4 Å². The summed E-state index contributed by atoms with van der Waals surface area (Å²) in [5, 5.41) is 14.7. The predicted molar refractivity (Wildman–Crippen MR) is 82.3 cm³/mol. The summed E-state index contributed by atoms with van der Waals surface area (Å²) in [5.41, 5.74) is 7.46. The molecule has 0 saturated carbocycles. The molecule has 0 bridgehead atoms. The number of amides is 1. The van der Waals surface area contributed by atoms with Crippen molar-refractivity contribution in [3.63, 3.8) is 0 Å². The van der Waals surface area contributed by atoms with E-state index < -0.39 is 5.41 Å². The first kappa shape index (κ1) is 15.4. The SMILES string of the molecule is CC(C)(CNC(=O)C1CCCc2ccccc21)/C(N)=N/O. The molecule has 0 saturated heterocycles. The fourth-order valence-electron chi connectivity index (χ4n) is 2.68. The molecular formula is C16H23N3O2. The third kappa shape index (κ3) is 3.35. The first-order chi connectivity index (χ1) is 9.95. The van der Waals surface area contributed by atoms with E-state index in [1.807, 2.05) is 32.0 Å². The molecule has 5 heteroatoms. The number of nitrogens with one attached hydrogen (secondary N) is 1. The standard InChI is InChI=1S/C16H23N3O2/c1-16(2,15(17)19-21)10-18-14(20)13-9-5-7-11-6-3-4-8-12(11)13/h3-4,6,8,13,21H,5,7,9-10H2,1-2H3,(H2,17,19)(H,18,20). The number of oxime groups is 1. The van der Waals surface area contributed by atoms with Gasteiger partial charge in [0.15, 0.2) is 0 Å². The van der Waals surface area contributed by atoms with E-state index in [0.29, 0.717) is 6.54 Å². The van der Waals surface area contributed by atoms with Gasteiger partial charge in [0.05, 0.1) is 5.92 Å². The van der Waals surface area contributed by atoms with Gasteiger partial charge in [-0.15, -0.1) is 0 Å². The van der Waals surface area contributed by atoms with Gasteiger partial charge in [-0.2, -0.15) is 0 Å². The van der Waals surface area contributed by atoms with Crippen LogP contribution in [0.3, 0.4) is 0 Å². The summed E-state index contributed by atoms with van der Waals surface area (Å²) in [7, 11) is 0. The summed E-state index contributed by atoms with van der Waals surface area (Å²) >= 11 is 0. The number of amidine groups is 1. The molecule has 1 atom stereocenters. The minimum Gasteiger partial charge on any atom is -0.409 e. The van der Waals surface area contributed by atoms with Crippen LogP contribution in [0.25, 0.3) is 0 Å². The van der Waals surface area contributed by atoms with Crippen molar-refractivity contribution in [2.45, 2.75) is 39.0 Å². The van der Waals surface area contributed by atoms with E-state index in [2.05, 4.69) is 16.5 Å². The average Bonchev–Trinajstić information content (AvgIpc) is 2.51. The molecule has 1 aromatic rings. The monoisotopic (exact) mass is 289 g/mol. The number of nitrogens with two attached hydrogens (primary N) is 1. The molecule has 1 aliphatic rings. The van der Waals surface area contributed by atoms with Crippen molar-refractivity contribution in [2.24, 2.45) is 16.3 Å². The second-order valence-corrected chi connectivity index (χ2v) is 6.23. The van der Waals surface area contributed by atoms with E-state index in [1.165, 1.54) is 5.56 Å². The van der Waals surface area contributed by atoms with Gasteiger partial charge in [0.1, 0.15) is 5.84 Å². The van der Waals surface area contributed by atoms with E-state index in [9.17, 15) is 4.79 Å².